The summed E-state index contributed by atoms with van der Waals surface area (Å²) in [7, 11) is 1.92. The van der Waals surface area contributed by atoms with E-state index in [0.29, 0.717) is 6.61 Å². The van der Waals surface area contributed by atoms with Gasteiger partial charge >= 0.3 is 0 Å². The van der Waals surface area contributed by atoms with Gasteiger partial charge in [0.2, 0.25) is 0 Å². The van der Waals surface area contributed by atoms with Gasteiger partial charge in [-0.2, -0.15) is 0 Å². The molecule has 0 aliphatic carbocycles. The van der Waals surface area contributed by atoms with E-state index in [0.717, 1.165) is 19.6 Å². The van der Waals surface area contributed by atoms with Crippen molar-refractivity contribution in [1.29, 1.82) is 0 Å². The van der Waals surface area contributed by atoms with E-state index in [1.54, 1.807) is 0 Å². The highest BCUT2D eigenvalue weighted by atomic mass is 16.3. The summed E-state index contributed by atoms with van der Waals surface area (Å²) >= 11 is 0. The van der Waals surface area contributed by atoms with Gasteiger partial charge in [0, 0.05) is 13.1 Å². The lowest BCUT2D eigenvalue weighted by Gasteiger charge is -1.97. The van der Waals surface area contributed by atoms with Crippen LogP contribution in [-0.4, -0.2) is 38.4 Å². The van der Waals surface area contributed by atoms with E-state index in [1.165, 1.54) is 0 Å². The van der Waals surface area contributed by atoms with Crippen molar-refractivity contribution in [2.75, 3.05) is 33.3 Å². The molecule has 50 valence electrons. The van der Waals surface area contributed by atoms with Gasteiger partial charge < -0.3 is 15.7 Å². The molecule has 0 aliphatic heterocycles. The smallest absolute Gasteiger partial charge is 0.156 e. The average Bonchev–Trinajstić information content (AvgIpc) is 1.81. The fourth-order valence-electron chi connectivity index (χ4n) is 0.427. The maximum Gasteiger partial charge on any atom is 0.156 e. The molecule has 0 aromatic heterocycles. The topological polar surface area (TPSA) is 47.0 Å². The Morgan fingerprint density at radius 1 is 1.25 bits per heavy atom. The van der Waals surface area contributed by atoms with Gasteiger partial charge in [0.15, 0.2) is 6.61 Å². The van der Waals surface area contributed by atoms with Crippen molar-refractivity contribution >= 4 is 0 Å². The number of likely N-dealkylation sites (N-methyl/N-ethyl adjacent to an activating group) is 1. The molecule has 0 aromatic rings. The number of rotatable bonds is 5. The Morgan fingerprint density at radius 2 is 2.00 bits per heavy atom. The first kappa shape index (κ1) is 7.88. The van der Waals surface area contributed by atoms with E-state index in [9.17, 15) is 0 Å². The van der Waals surface area contributed by atoms with E-state index < -0.39 is 0 Å². The minimum Gasteiger partial charge on any atom is -0.444 e. The zero-order valence-corrected chi connectivity index (χ0v) is 5.33. The van der Waals surface area contributed by atoms with Gasteiger partial charge in [-0.15, -0.1) is 0 Å². The van der Waals surface area contributed by atoms with Gasteiger partial charge in [-0.25, -0.2) is 0 Å². The van der Waals surface area contributed by atoms with Crippen LogP contribution in [0.15, 0.2) is 0 Å². The predicted molar refractivity (Wildman–Crippen MR) is 35.3 cm³/mol. The number of nitrogens with one attached hydrogen (secondary N) is 2. The van der Waals surface area contributed by atoms with Gasteiger partial charge in [0.05, 0.1) is 6.54 Å². The van der Waals surface area contributed by atoms with Crippen molar-refractivity contribution in [3.05, 3.63) is 0 Å². The highest BCUT2D eigenvalue weighted by Gasteiger charge is 1.82. The second-order valence-corrected chi connectivity index (χ2v) is 1.60. The van der Waals surface area contributed by atoms with Crippen molar-refractivity contribution in [3.63, 3.8) is 0 Å². The Labute approximate surface area is 50.1 Å². The summed E-state index contributed by atoms with van der Waals surface area (Å²) in [6.45, 7) is 3.24. The van der Waals surface area contributed by atoms with Crippen LogP contribution in [0.1, 0.15) is 0 Å². The lowest BCUT2D eigenvalue weighted by atomic mass is 10.6. The van der Waals surface area contributed by atoms with Crippen molar-refractivity contribution in [2.24, 2.45) is 0 Å². The molecule has 0 spiro atoms. The second kappa shape index (κ2) is 6.88. The molecule has 0 aromatic carbocycles. The molecule has 0 saturated carbocycles. The minimum atomic E-state index is 0.476. The van der Waals surface area contributed by atoms with Crippen LogP contribution >= 0.6 is 0 Å². The molecule has 0 amide bonds. The molecular weight excluding hydrogens is 104 g/mol. The summed E-state index contributed by atoms with van der Waals surface area (Å²) in [6.07, 6.45) is 0. The van der Waals surface area contributed by atoms with Crippen LogP contribution in [0.25, 0.3) is 0 Å². The average molecular weight is 119 g/mol. The van der Waals surface area contributed by atoms with Gasteiger partial charge in [-0.3, -0.25) is 0 Å². The third-order valence-electron chi connectivity index (χ3n) is 0.854. The number of hydrogen-bond acceptors (Lipinski definition) is 2. The minimum absolute atomic E-state index is 0.476. The summed E-state index contributed by atoms with van der Waals surface area (Å²) in [5.41, 5.74) is 0. The first-order valence-corrected chi connectivity index (χ1v) is 2.91. The van der Waals surface area contributed by atoms with Crippen molar-refractivity contribution in [3.8, 4) is 0 Å². The Kier molecular flexibility index (Phi) is 6.78. The molecule has 0 fully saturated rings. The Bertz CT molecular complexity index is 35.4. The van der Waals surface area contributed by atoms with Gasteiger partial charge in [0.25, 0.3) is 0 Å². The summed E-state index contributed by atoms with van der Waals surface area (Å²) in [5, 5.41) is 12.8. The van der Waals surface area contributed by atoms with E-state index >= 15 is 0 Å². The van der Waals surface area contributed by atoms with Gasteiger partial charge in [-0.1, -0.05) is 0 Å². The summed E-state index contributed by atoms with van der Waals surface area (Å²) in [4.78, 5) is 0. The lowest BCUT2D eigenvalue weighted by Crippen LogP contribution is -2.26. The van der Waals surface area contributed by atoms with Crippen LogP contribution < -0.4 is 10.6 Å². The van der Waals surface area contributed by atoms with Crippen LogP contribution in [0.5, 0.6) is 0 Å². The molecule has 0 unspecified atom stereocenters. The maximum atomic E-state index is 6.76. The van der Waals surface area contributed by atoms with E-state index in [2.05, 4.69) is 10.6 Å². The normalized spacial score (nSPS) is 9.75. The molecule has 3 nitrogen and oxygen atoms in total. The van der Waals surface area contributed by atoms with E-state index in [4.69, 9.17) is 5.11 Å². The fourth-order valence-corrected chi connectivity index (χ4v) is 0.427. The Hall–Kier alpha value is -0.120. The summed E-state index contributed by atoms with van der Waals surface area (Å²) in [5.74, 6) is 0. The molecular formula is C5H15N2O+. The van der Waals surface area contributed by atoms with Crippen molar-refractivity contribution in [2.45, 2.75) is 0 Å². The van der Waals surface area contributed by atoms with E-state index in [-0.39, 0.29) is 0 Å². The third kappa shape index (κ3) is 5.88. The maximum absolute atomic E-state index is 6.76. The van der Waals surface area contributed by atoms with Crippen molar-refractivity contribution < 1.29 is 5.11 Å². The zero-order chi connectivity index (χ0) is 6.24. The molecule has 3 heteroatoms. The van der Waals surface area contributed by atoms with Gasteiger partial charge in [-0.05, 0) is 7.05 Å². The first-order chi connectivity index (χ1) is 3.91. The van der Waals surface area contributed by atoms with Crippen LogP contribution in [0.4, 0.5) is 0 Å². The lowest BCUT2D eigenvalue weighted by molar-refractivity contribution is 0.292. The van der Waals surface area contributed by atoms with Gasteiger partial charge in [0.1, 0.15) is 0 Å². The SMILES string of the molecule is CNCCNCC[OH2+]. The van der Waals surface area contributed by atoms with Crippen LogP contribution in [0.2, 0.25) is 0 Å². The standard InChI is InChI=1S/C5H14N2O/c1-6-2-3-7-4-5-8/h6-8H,2-5H2,1H3/p+1. The van der Waals surface area contributed by atoms with Crippen molar-refractivity contribution in [1.82, 2.24) is 10.6 Å². The predicted octanol–water partition coefficient (Wildman–Crippen LogP) is -1.48. The molecule has 0 saturated heterocycles. The zero-order valence-electron chi connectivity index (χ0n) is 5.33. The highest BCUT2D eigenvalue weighted by molar-refractivity contribution is 4.45. The Balaban J connectivity index is 2.53. The second-order valence-electron chi connectivity index (χ2n) is 1.60. The summed E-state index contributed by atoms with van der Waals surface area (Å²) in [6, 6.07) is 0. The monoisotopic (exact) mass is 119 g/mol. The third-order valence-corrected chi connectivity index (χ3v) is 0.854. The highest BCUT2D eigenvalue weighted by Crippen LogP contribution is 1.54. The molecule has 8 heavy (non-hydrogen) atoms. The summed E-state index contributed by atoms with van der Waals surface area (Å²) < 4.78 is 0. The first-order valence-electron chi connectivity index (χ1n) is 2.91. The molecule has 0 atom stereocenters. The largest absolute Gasteiger partial charge is 0.444 e. The molecule has 0 bridgehead atoms. The van der Waals surface area contributed by atoms with Crippen LogP contribution in [0, 0.1) is 0 Å². The Morgan fingerprint density at radius 3 is 2.50 bits per heavy atom. The molecule has 0 heterocycles. The quantitative estimate of drug-likeness (QED) is 0.342. The molecule has 4 N–H and O–H groups in total. The molecule has 0 aliphatic rings. The van der Waals surface area contributed by atoms with Crippen LogP contribution in [-0.2, 0) is 0 Å². The molecule has 0 radical (unpaired) electrons. The molecule has 0 rings (SSSR count). The van der Waals surface area contributed by atoms with Crippen LogP contribution in [0.3, 0.4) is 0 Å². The van der Waals surface area contributed by atoms with E-state index in [1.807, 2.05) is 7.05 Å². The number of hydrogen-bond donors (Lipinski definition) is 2. The fraction of sp³-hybridized carbons (Fsp3) is 1.00.